The van der Waals surface area contributed by atoms with Crippen LogP contribution in [-0.2, 0) is 10.1 Å². The molecule has 0 aromatic rings. The van der Waals surface area contributed by atoms with Gasteiger partial charge in [0.15, 0.2) is 5.55 Å². The molecule has 6 heteroatoms. The van der Waals surface area contributed by atoms with Crippen molar-refractivity contribution in [3.8, 4) is 0 Å². The van der Waals surface area contributed by atoms with Crippen LogP contribution in [0, 0.1) is 0 Å². The molecule has 0 aliphatic carbocycles. The van der Waals surface area contributed by atoms with Gasteiger partial charge in [-0.25, -0.2) is 4.40 Å². The Bertz CT molecular complexity index is 170. The summed E-state index contributed by atoms with van der Waals surface area (Å²) in [5.41, 5.74) is 0.484. The Balaban J connectivity index is 3.92. The van der Waals surface area contributed by atoms with E-state index < -0.39 is 10.1 Å². The van der Waals surface area contributed by atoms with Crippen LogP contribution in [0.5, 0.6) is 0 Å². The number of rotatable bonds is 2. The summed E-state index contributed by atoms with van der Waals surface area (Å²) in [6, 6.07) is 0. The van der Waals surface area contributed by atoms with Crippen LogP contribution >= 0.6 is 11.9 Å². The van der Waals surface area contributed by atoms with E-state index in [1.54, 1.807) is 6.26 Å². The third-order valence-corrected chi connectivity index (χ3v) is 1.10. The Morgan fingerprint density at radius 3 is 2.38 bits per heavy atom. The Morgan fingerprint density at radius 2 is 2.25 bits per heavy atom. The van der Waals surface area contributed by atoms with Gasteiger partial charge in [-0.2, -0.15) is 8.42 Å². The largest absolute Gasteiger partial charge is 0.305 e. The first-order valence-electron chi connectivity index (χ1n) is 1.60. The van der Waals surface area contributed by atoms with Crippen LogP contribution in [0.3, 0.4) is 0 Å². The fourth-order valence-corrected chi connectivity index (χ4v) is 0.877. The van der Waals surface area contributed by atoms with E-state index in [0.717, 1.165) is 11.9 Å². The van der Waals surface area contributed by atoms with Gasteiger partial charge in [-0.15, -0.1) is 0 Å². The van der Waals surface area contributed by atoms with Crippen molar-refractivity contribution in [3.63, 3.8) is 0 Å². The van der Waals surface area contributed by atoms with Gasteiger partial charge in [0.25, 0.3) is 0 Å². The molecule has 0 spiro atoms. The Morgan fingerprint density at radius 1 is 1.75 bits per heavy atom. The molecule has 0 aliphatic heterocycles. The highest BCUT2D eigenvalue weighted by atomic mass is 32.2. The first kappa shape index (κ1) is 7.93. The summed E-state index contributed by atoms with van der Waals surface area (Å²) in [6.07, 6.45) is 1.58. The minimum Gasteiger partial charge on any atom is -0.281 e. The average molecular weight is 155 g/mol. The smallest absolute Gasteiger partial charge is 0.281 e. The van der Waals surface area contributed by atoms with Gasteiger partial charge in [-0.1, -0.05) is 0 Å². The molecule has 0 heterocycles. The molecule has 0 aromatic carbocycles. The number of hydrogen-bond donors (Lipinski definition) is 1. The molecular weight excluding hydrogens is 150 g/mol. The molecule has 0 saturated carbocycles. The predicted molar refractivity (Wildman–Crippen MR) is 33.6 cm³/mol. The number of nitrogens with zero attached hydrogens (tertiary/aromatic N) is 1. The Hall–Kier alpha value is -0.0700. The lowest BCUT2D eigenvalue weighted by molar-refractivity contribution is 0.499. The Labute approximate surface area is 51.9 Å². The van der Waals surface area contributed by atoms with Crippen LogP contribution in [0.4, 0.5) is 0 Å². The monoisotopic (exact) mass is 155 g/mol. The zero-order valence-electron chi connectivity index (χ0n) is 4.10. The molecule has 0 rings (SSSR count). The van der Waals surface area contributed by atoms with Gasteiger partial charge in [-0.05, 0) is 11.9 Å². The van der Waals surface area contributed by atoms with Crippen LogP contribution in [0.2, 0.25) is 0 Å². The molecule has 4 nitrogen and oxygen atoms in total. The van der Waals surface area contributed by atoms with Crippen molar-refractivity contribution >= 4 is 27.6 Å². The van der Waals surface area contributed by atoms with Crippen LogP contribution in [0.1, 0.15) is 0 Å². The SMILES string of the molecule is CS/N=C/S(=O)(=O)O. The van der Waals surface area contributed by atoms with Crippen molar-refractivity contribution in [1.82, 2.24) is 0 Å². The normalized spacial score (nSPS) is 12.8. The van der Waals surface area contributed by atoms with E-state index in [1.165, 1.54) is 0 Å². The highest BCUT2D eigenvalue weighted by Gasteiger charge is 1.93. The van der Waals surface area contributed by atoms with Crippen molar-refractivity contribution in [2.75, 3.05) is 6.26 Å². The Kier molecular flexibility index (Phi) is 3.03. The van der Waals surface area contributed by atoms with Crippen molar-refractivity contribution in [3.05, 3.63) is 0 Å². The topological polar surface area (TPSA) is 66.7 Å². The molecule has 0 aliphatic rings. The third-order valence-electron chi connectivity index (χ3n) is 0.282. The molecule has 0 atom stereocenters. The van der Waals surface area contributed by atoms with E-state index in [0.29, 0.717) is 5.55 Å². The molecule has 0 radical (unpaired) electrons. The summed E-state index contributed by atoms with van der Waals surface area (Å²) in [5, 5.41) is 0. The fraction of sp³-hybridized carbons (Fsp3) is 0.500. The lowest BCUT2D eigenvalue weighted by atomic mass is 11.7. The van der Waals surface area contributed by atoms with Gasteiger partial charge in [0.2, 0.25) is 0 Å². The zero-order chi connectivity index (χ0) is 6.62. The summed E-state index contributed by atoms with van der Waals surface area (Å²) in [5.74, 6) is 0. The average Bonchev–Trinajstić information content (AvgIpc) is 1.59. The predicted octanol–water partition coefficient (Wildman–Crippen LogP) is 0.181. The zero-order valence-corrected chi connectivity index (χ0v) is 5.74. The summed E-state index contributed by atoms with van der Waals surface area (Å²) in [6.45, 7) is 0. The molecule has 1 N–H and O–H groups in total. The first-order chi connectivity index (χ1) is 3.56. The molecule has 0 unspecified atom stereocenters. The fourth-order valence-electron chi connectivity index (χ4n) is 0.0974. The van der Waals surface area contributed by atoms with Gasteiger partial charge in [0.1, 0.15) is 0 Å². The molecule has 48 valence electrons. The van der Waals surface area contributed by atoms with E-state index in [2.05, 4.69) is 4.40 Å². The van der Waals surface area contributed by atoms with Gasteiger partial charge in [0, 0.05) is 6.26 Å². The summed E-state index contributed by atoms with van der Waals surface area (Å²) in [4.78, 5) is 0. The van der Waals surface area contributed by atoms with E-state index >= 15 is 0 Å². The second-order valence-electron chi connectivity index (χ2n) is 0.908. The van der Waals surface area contributed by atoms with Crippen LogP contribution in [0.15, 0.2) is 4.40 Å². The van der Waals surface area contributed by atoms with Crippen molar-refractivity contribution in [2.45, 2.75) is 0 Å². The molecular formula is C2H5NO3S2. The lowest BCUT2D eigenvalue weighted by Gasteiger charge is -1.78. The molecule has 0 amide bonds. The van der Waals surface area contributed by atoms with Gasteiger partial charge in [0.05, 0.1) is 0 Å². The standard InChI is InChI=1S/C2H5NO3S2/c1-7-3-2-8(4,5)6/h2H,1H3,(H,4,5,6)/b3-2+. The highest BCUT2D eigenvalue weighted by molar-refractivity contribution is 8.02. The summed E-state index contributed by atoms with van der Waals surface area (Å²) >= 11 is 0.959. The van der Waals surface area contributed by atoms with Gasteiger partial charge in [-0.3, -0.25) is 4.55 Å². The van der Waals surface area contributed by atoms with E-state index in [-0.39, 0.29) is 0 Å². The second kappa shape index (κ2) is 3.06. The van der Waals surface area contributed by atoms with E-state index in [1.807, 2.05) is 0 Å². The second-order valence-corrected chi connectivity index (χ2v) is 2.73. The third kappa shape index (κ3) is 5.93. The van der Waals surface area contributed by atoms with Crippen molar-refractivity contribution < 1.29 is 13.0 Å². The van der Waals surface area contributed by atoms with E-state index in [4.69, 9.17) is 4.55 Å². The quantitative estimate of drug-likeness (QED) is 0.267. The number of hydrogen-bond acceptors (Lipinski definition) is 4. The first-order valence-corrected chi connectivity index (χ1v) is 4.29. The van der Waals surface area contributed by atoms with Crippen LogP contribution in [-0.4, -0.2) is 24.8 Å². The summed E-state index contributed by atoms with van der Waals surface area (Å²) in [7, 11) is -4.00. The van der Waals surface area contributed by atoms with Crippen molar-refractivity contribution in [1.29, 1.82) is 0 Å². The van der Waals surface area contributed by atoms with Crippen LogP contribution in [0.25, 0.3) is 0 Å². The summed E-state index contributed by atoms with van der Waals surface area (Å²) < 4.78 is 30.7. The highest BCUT2D eigenvalue weighted by Crippen LogP contribution is 1.90. The lowest BCUT2D eigenvalue weighted by Crippen LogP contribution is -1.95. The van der Waals surface area contributed by atoms with E-state index in [9.17, 15) is 8.42 Å². The minimum atomic E-state index is -4.00. The maximum Gasteiger partial charge on any atom is 0.305 e. The van der Waals surface area contributed by atoms with Crippen molar-refractivity contribution in [2.24, 2.45) is 4.40 Å². The van der Waals surface area contributed by atoms with Gasteiger partial charge < -0.3 is 0 Å². The van der Waals surface area contributed by atoms with Crippen LogP contribution < -0.4 is 0 Å². The maximum absolute atomic E-state index is 9.78. The molecule has 0 saturated heterocycles. The minimum absolute atomic E-state index is 0.484. The van der Waals surface area contributed by atoms with Gasteiger partial charge >= 0.3 is 10.1 Å². The molecule has 8 heavy (non-hydrogen) atoms. The molecule has 0 aromatic heterocycles. The molecule has 0 fully saturated rings. The molecule has 0 bridgehead atoms. The maximum atomic E-state index is 9.78.